The number of rotatable bonds is 6. The largest absolute Gasteiger partial charge is 0.350 e. The number of nitrogens with one attached hydrogen (secondary N) is 2. The van der Waals surface area contributed by atoms with Crippen molar-refractivity contribution in [2.24, 2.45) is 13.0 Å². The van der Waals surface area contributed by atoms with E-state index in [1.807, 2.05) is 80.2 Å². The molecule has 8 heteroatoms. The van der Waals surface area contributed by atoms with Gasteiger partial charge in [-0.25, -0.2) is 0 Å². The fourth-order valence-corrected chi connectivity index (χ4v) is 5.18. The van der Waals surface area contributed by atoms with Crippen molar-refractivity contribution in [1.82, 2.24) is 25.3 Å². The average Bonchev–Trinajstić information content (AvgIpc) is 3.41. The second kappa shape index (κ2) is 9.89. The van der Waals surface area contributed by atoms with Gasteiger partial charge in [0.05, 0.1) is 11.6 Å². The Hall–Kier alpha value is -4.46. The zero-order chi connectivity index (χ0) is 26.1. The van der Waals surface area contributed by atoms with Gasteiger partial charge >= 0.3 is 0 Å². The van der Waals surface area contributed by atoms with Crippen LogP contribution >= 0.6 is 0 Å². The van der Waals surface area contributed by atoms with E-state index in [4.69, 9.17) is 0 Å². The highest BCUT2D eigenvalue weighted by Gasteiger charge is 2.46. The van der Waals surface area contributed by atoms with E-state index < -0.39 is 23.9 Å². The van der Waals surface area contributed by atoms with Gasteiger partial charge in [0.15, 0.2) is 0 Å². The summed E-state index contributed by atoms with van der Waals surface area (Å²) in [6.07, 6.45) is 5.69. The maximum atomic E-state index is 13.9. The lowest BCUT2D eigenvalue weighted by atomic mass is 9.93. The first-order chi connectivity index (χ1) is 17.9. The number of aromatic nitrogens is 2. The van der Waals surface area contributed by atoms with Crippen LogP contribution in [-0.2, 0) is 11.8 Å². The minimum Gasteiger partial charge on any atom is -0.350 e. The van der Waals surface area contributed by atoms with Crippen molar-refractivity contribution < 1.29 is 14.4 Å². The number of fused-ring (bicyclic) bond motifs is 2. The van der Waals surface area contributed by atoms with Crippen molar-refractivity contribution in [1.29, 1.82) is 0 Å². The van der Waals surface area contributed by atoms with Crippen LogP contribution in [0.25, 0.3) is 10.9 Å². The molecule has 3 atom stereocenters. The third kappa shape index (κ3) is 4.24. The van der Waals surface area contributed by atoms with Gasteiger partial charge in [-0.2, -0.15) is 0 Å². The SMILES string of the molecule is CCC(C)C(C(=O)NNC(=O)c1cccnc1)N1C(=O)c2ccccc2C1c1cn(C)c2ccccc12. The number of benzene rings is 2. The van der Waals surface area contributed by atoms with Crippen molar-refractivity contribution in [2.75, 3.05) is 0 Å². The molecule has 0 saturated carbocycles. The normalized spacial score (nSPS) is 16.4. The molecule has 0 radical (unpaired) electrons. The first-order valence-corrected chi connectivity index (χ1v) is 12.4. The van der Waals surface area contributed by atoms with Crippen LogP contribution < -0.4 is 10.9 Å². The molecule has 0 saturated heterocycles. The second-order valence-electron chi connectivity index (χ2n) is 9.43. The molecular formula is C29H29N5O3. The molecule has 0 aliphatic carbocycles. The van der Waals surface area contributed by atoms with Crippen molar-refractivity contribution in [3.05, 3.63) is 102 Å². The van der Waals surface area contributed by atoms with E-state index in [1.54, 1.807) is 23.2 Å². The molecule has 2 aromatic carbocycles. The zero-order valence-electron chi connectivity index (χ0n) is 21.0. The lowest BCUT2D eigenvalue weighted by Gasteiger charge is -2.36. The van der Waals surface area contributed by atoms with Crippen LogP contribution in [0, 0.1) is 5.92 Å². The molecule has 2 N–H and O–H groups in total. The van der Waals surface area contributed by atoms with E-state index in [1.165, 1.54) is 6.20 Å². The number of carbonyl (C=O) groups excluding carboxylic acids is 3. The van der Waals surface area contributed by atoms with E-state index in [0.29, 0.717) is 17.5 Å². The summed E-state index contributed by atoms with van der Waals surface area (Å²) >= 11 is 0. The predicted molar refractivity (Wildman–Crippen MR) is 140 cm³/mol. The van der Waals surface area contributed by atoms with Crippen LogP contribution in [0.5, 0.6) is 0 Å². The number of aryl methyl sites for hydroxylation is 1. The maximum absolute atomic E-state index is 13.9. The van der Waals surface area contributed by atoms with Crippen molar-refractivity contribution >= 4 is 28.6 Å². The first-order valence-electron chi connectivity index (χ1n) is 12.4. The lowest BCUT2D eigenvalue weighted by Crippen LogP contribution is -2.55. The number of hydrogen-bond acceptors (Lipinski definition) is 4. The van der Waals surface area contributed by atoms with E-state index in [9.17, 15) is 14.4 Å². The molecule has 3 amide bonds. The van der Waals surface area contributed by atoms with E-state index in [0.717, 1.165) is 22.0 Å². The number of hydrogen-bond donors (Lipinski definition) is 2. The number of pyridine rings is 1. The molecule has 8 nitrogen and oxygen atoms in total. The standard InChI is InChI=1S/C29H29N5O3/c1-4-18(2)25(28(36)32-31-27(35)19-10-9-15-30-16-19)34-26(21-12-5-6-13-22(21)29(34)37)23-17-33(3)24-14-8-7-11-20(23)24/h5-18,25-26H,4H2,1-3H3,(H,31,35)(H,32,36). The average molecular weight is 496 g/mol. The van der Waals surface area contributed by atoms with Gasteiger partial charge < -0.3 is 9.47 Å². The number of hydrazine groups is 1. The van der Waals surface area contributed by atoms with Gasteiger partial charge in [0, 0.05) is 47.7 Å². The van der Waals surface area contributed by atoms with Gasteiger partial charge in [0.25, 0.3) is 17.7 Å². The number of para-hydroxylation sites is 1. The molecule has 0 fully saturated rings. The number of nitrogens with zero attached hydrogens (tertiary/aromatic N) is 3. The Morgan fingerprint density at radius 2 is 1.76 bits per heavy atom. The quantitative estimate of drug-likeness (QED) is 0.395. The Bertz CT molecular complexity index is 1480. The summed E-state index contributed by atoms with van der Waals surface area (Å²) in [4.78, 5) is 45.8. The fraction of sp³-hybridized carbons (Fsp3) is 0.241. The van der Waals surface area contributed by atoms with Gasteiger partial charge in [-0.15, -0.1) is 0 Å². The summed E-state index contributed by atoms with van der Waals surface area (Å²) in [5.41, 5.74) is 8.82. The molecule has 37 heavy (non-hydrogen) atoms. The van der Waals surface area contributed by atoms with Crippen LogP contribution in [0.4, 0.5) is 0 Å². The highest BCUT2D eigenvalue weighted by Crippen LogP contribution is 2.44. The van der Waals surface area contributed by atoms with Crippen LogP contribution in [0.15, 0.2) is 79.3 Å². The van der Waals surface area contributed by atoms with Crippen LogP contribution in [0.3, 0.4) is 0 Å². The molecule has 3 unspecified atom stereocenters. The minimum atomic E-state index is -0.817. The third-order valence-electron chi connectivity index (χ3n) is 7.20. The Balaban J connectivity index is 1.55. The Morgan fingerprint density at radius 1 is 1.00 bits per heavy atom. The third-order valence-corrected chi connectivity index (χ3v) is 7.20. The van der Waals surface area contributed by atoms with Gasteiger partial charge in [-0.3, -0.25) is 30.2 Å². The molecule has 2 aromatic heterocycles. The Labute approximate surface area is 215 Å². The zero-order valence-corrected chi connectivity index (χ0v) is 21.0. The van der Waals surface area contributed by atoms with Crippen LogP contribution in [0.1, 0.15) is 58.2 Å². The highest BCUT2D eigenvalue weighted by atomic mass is 16.2. The molecule has 1 aliphatic rings. The molecule has 0 spiro atoms. The van der Waals surface area contributed by atoms with Crippen molar-refractivity contribution in [2.45, 2.75) is 32.4 Å². The topological polar surface area (TPSA) is 96.3 Å². The van der Waals surface area contributed by atoms with E-state index in [2.05, 4.69) is 15.8 Å². The van der Waals surface area contributed by atoms with Crippen molar-refractivity contribution in [3.8, 4) is 0 Å². The Morgan fingerprint density at radius 3 is 2.51 bits per heavy atom. The molecule has 4 aromatic rings. The number of carbonyl (C=O) groups is 3. The second-order valence-corrected chi connectivity index (χ2v) is 9.43. The summed E-state index contributed by atoms with van der Waals surface area (Å²) in [5, 5.41) is 1.03. The first kappa shape index (κ1) is 24.2. The smallest absolute Gasteiger partial charge is 0.271 e. The lowest BCUT2D eigenvalue weighted by molar-refractivity contribution is -0.128. The van der Waals surface area contributed by atoms with Gasteiger partial charge in [-0.05, 0) is 35.7 Å². The van der Waals surface area contributed by atoms with Gasteiger partial charge in [0.2, 0.25) is 0 Å². The molecule has 1 aliphatic heterocycles. The van der Waals surface area contributed by atoms with Crippen LogP contribution in [-0.4, -0.2) is 38.2 Å². The summed E-state index contributed by atoms with van der Waals surface area (Å²) in [6.45, 7) is 3.93. The Kier molecular flexibility index (Phi) is 6.48. The van der Waals surface area contributed by atoms with E-state index in [-0.39, 0.29) is 11.8 Å². The summed E-state index contributed by atoms with van der Waals surface area (Å²) < 4.78 is 2.04. The maximum Gasteiger partial charge on any atom is 0.271 e. The minimum absolute atomic E-state index is 0.175. The number of amides is 3. The fourth-order valence-electron chi connectivity index (χ4n) is 5.18. The highest BCUT2D eigenvalue weighted by molar-refractivity contribution is 6.04. The molecule has 0 bridgehead atoms. The molecule has 5 rings (SSSR count). The summed E-state index contributed by atoms with van der Waals surface area (Å²) in [7, 11) is 1.98. The van der Waals surface area contributed by atoms with Gasteiger partial charge in [0.1, 0.15) is 6.04 Å². The van der Waals surface area contributed by atoms with Crippen molar-refractivity contribution in [3.63, 3.8) is 0 Å². The summed E-state index contributed by atoms with van der Waals surface area (Å²) in [6, 6.07) is 17.6. The predicted octanol–water partition coefficient (Wildman–Crippen LogP) is 3.99. The molecule has 188 valence electrons. The summed E-state index contributed by atoms with van der Waals surface area (Å²) in [5.74, 6) is -1.30. The monoisotopic (exact) mass is 495 g/mol. The van der Waals surface area contributed by atoms with Gasteiger partial charge in [-0.1, -0.05) is 56.7 Å². The van der Waals surface area contributed by atoms with Crippen LogP contribution in [0.2, 0.25) is 0 Å². The molecule has 3 heterocycles. The molecular weight excluding hydrogens is 466 g/mol. The van der Waals surface area contributed by atoms with E-state index >= 15 is 0 Å².